The van der Waals surface area contributed by atoms with Gasteiger partial charge in [0.25, 0.3) is 0 Å². The number of benzene rings is 1. The van der Waals surface area contributed by atoms with Crippen LogP contribution in [0, 0.1) is 11.8 Å². The first-order chi connectivity index (χ1) is 17.4. The monoisotopic (exact) mass is 513 g/mol. The summed E-state index contributed by atoms with van der Waals surface area (Å²) in [4.78, 5) is 5.55. The van der Waals surface area contributed by atoms with Gasteiger partial charge in [-0.2, -0.15) is 0 Å². The molecule has 0 aliphatic carbocycles. The molecule has 3 aromatic heterocycles. The standard InChI is InChI=1S/C26H35N5O4S/c1-15(7-9-27)25(32)26(33)16(2)8-10-28-23-5-6-24-29-14-18(31(24)30-23)22-12-17-11-19(34-3)20(35-4)13-21(17)36-22/h5-6,11-16,25-26,32-33H,7-10,27H2,1-4H3,(H,28,30). The minimum atomic E-state index is -0.797. The van der Waals surface area contributed by atoms with Crippen molar-refractivity contribution >= 4 is 32.9 Å². The highest BCUT2D eigenvalue weighted by Gasteiger charge is 2.27. The number of imidazole rings is 1. The molecule has 194 valence electrons. The largest absolute Gasteiger partial charge is 0.493 e. The Morgan fingerprint density at radius 2 is 1.72 bits per heavy atom. The molecule has 4 aromatic rings. The number of rotatable bonds is 12. The van der Waals surface area contributed by atoms with Gasteiger partial charge in [0.05, 0.1) is 37.5 Å². The van der Waals surface area contributed by atoms with Crippen LogP contribution in [0.25, 0.3) is 26.3 Å². The number of anilines is 1. The second-order valence-corrected chi connectivity index (χ2v) is 10.3. The third-order valence-electron chi connectivity index (χ3n) is 6.68. The number of methoxy groups -OCH3 is 2. The first-order valence-corrected chi connectivity index (χ1v) is 13.0. The van der Waals surface area contributed by atoms with Gasteiger partial charge < -0.3 is 30.7 Å². The van der Waals surface area contributed by atoms with Crippen molar-refractivity contribution in [2.45, 2.75) is 38.9 Å². The molecular formula is C26H35N5O4S. The highest BCUT2D eigenvalue weighted by molar-refractivity contribution is 7.22. The molecule has 4 rings (SSSR count). The van der Waals surface area contributed by atoms with E-state index in [-0.39, 0.29) is 11.8 Å². The number of ether oxygens (including phenoxy) is 2. The molecule has 3 heterocycles. The van der Waals surface area contributed by atoms with Gasteiger partial charge in [-0.15, -0.1) is 16.4 Å². The van der Waals surface area contributed by atoms with Gasteiger partial charge in [0.15, 0.2) is 17.1 Å². The van der Waals surface area contributed by atoms with Crippen LogP contribution in [0.1, 0.15) is 26.7 Å². The Labute approximate surface area is 214 Å². The smallest absolute Gasteiger partial charge is 0.162 e. The van der Waals surface area contributed by atoms with Crippen molar-refractivity contribution in [2.75, 3.05) is 32.6 Å². The minimum Gasteiger partial charge on any atom is -0.493 e. The maximum atomic E-state index is 10.5. The molecule has 0 spiro atoms. The minimum absolute atomic E-state index is 0.0415. The molecule has 0 fully saturated rings. The van der Waals surface area contributed by atoms with Crippen molar-refractivity contribution in [1.82, 2.24) is 14.6 Å². The molecular weight excluding hydrogens is 478 g/mol. The average Bonchev–Trinajstić information content (AvgIpc) is 3.49. The summed E-state index contributed by atoms with van der Waals surface area (Å²) in [6.07, 6.45) is 1.61. The predicted molar refractivity (Wildman–Crippen MR) is 144 cm³/mol. The van der Waals surface area contributed by atoms with Gasteiger partial charge in [0.1, 0.15) is 11.5 Å². The van der Waals surface area contributed by atoms with E-state index < -0.39 is 12.2 Å². The summed E-state index contributed by atoms with van der Waals surface area (Å²) in [6.45, 7) is 4.97. The summed E-state index contributed by atoms with van der Waals surface area (Å²) in [5.41, 5.74) is 7.24. The van der Waals surface area contributed by atoms with Crippen LogP contribution in [0.15, 0.2) is 36.5 Å². The van der Waals surface area contributed by atoms with Gasteiger partial charge in [-0.05, 0) is 60.9 Å². The number of nitrogens with one attached hydrogen (secondary N) is 1. The highest BCUT2D eigenvalue weighted by atomic mass is 32.1. The molecule has 0 aliphatic rings. The van der Waals surface area contributed by atoms with Crippen LogP contribution in [-0.2, 0) is 0 Å². The van der Waals surface area contributed by atoms with Crippen molar-refractivity contribution in [3.63, 3.8) is 0 Å². The van der Waals surface area contributed by atoms with Crippen LogP contribution in [0.3, 0.4) is 0 Å². The number of fused-ring (bicyclic) bond motifs is 2. The van der Waals surface area contributed by atoms with Crippen molar-refractivity contribution in [2.24, 2.45) is 17.6 Å². The summed E-state index contributed by atoms with van der Waals surface area (Å²) >= 11 is 1.64. The van der Waals surface area contributed by atoms with E-state index in [0.717, 1.165) is 26.3 Å². The lowest BCUT2D eigenvalue weighted by Crippen LogP contribution is -2.38. The summed E-state index contributed by atoms with van der Waals surface area (Å²) in [5, 5.41) is 30.1. The normalized spacial score (nSPS) is 15.1. The molecule has 4 atom stereocenters. The fraction of sp³-hybridized carbons (Fsp3) is 0.462. The van der Waals surface area contributed by atoms with Crippen LogP contribution in [0.2, 0.25) is 0 Å². The fourth-order valence-electron chi connectivity index (χ4n) is 4.33. The van der Waals surface area contributed by atoms with Crippen molar-refractivity contribution in [3.05, 3.63) is 36.5 Å². The predicted octanol–water partition coefficient (Wildman–Crippen LogP) is 3.77. The lowest BCUT2D eigenvalue weighted by molar-refractivity contribution is -0.0420. The molecule has 0 saturated heterocycles. The van der Waals surface area contributed by atoms with E-state index in [1.165, 1.54) is 0 Å². The third kappa shape index (κ3) is 5.41. The number of nitrogens with two attached hydrogens (primary N) is 1. The van der Waals surface area contributed by atoms with E-state index >= 15 is 0 Å². The quantitative estimate of drug-likeness (QED) is 0.225. The maximum Gasteiger partial charge on any atom is 0.162 e. The SMILES string of the molecule is COc1cc2cc(-c3cnc4ccc(NCCC(C)C(O)C(O)C(C)CCN)nn34)sc2cc1OC. The maximum absolute atomic E-state index is 10.5. The highest BCUT2D eigenvalue weighted by Crippen LogP contribution is 2.39. The second kappa shape index (κ2) is 11.4. The Hall–Kier alpha value is -2.92. The van der Waals surface area contributed by atoms with Gasteiger partial charge in [-0.3, -0.25) is 0 Å². The average molecular weight is 514 g/mol. The van der Waals surface area contributed by atoms with Crippen LogP contribution in [0.4, 0.5) is 5.82 Å². The Balaban J connectivity index is 1.48. The zero-order valence-corrected chi connectivity index (χ0v) is 22.0. The van der Waals surface area contributed by atoms with Crippen LogP contribution in [-0.4, -0.2) is 64.3 Å². The Bertz CT molecular complexity index is 1270. The van der Waals surface area contributed by atoms with Crippen molar-refractivity contribution in [1.29, 1.82) is 0 Å². The van der Waals surface area contributed by atoms with Gasteiger partial charge in [0.2, 0.25) is 0 Å². The zero-order chi connectivity index (χ0) is 25.8. The molecule has 0 radical (unpaired) electrons. The molecule has 0 aliphatic heterocycles. The molecule has 10 heteroatoms. The second-order valence-electron chi connectivity index (χ2n) is 9.22. The van der Waals surface area contributed by atoms with Gasteiger partial charge in [-0.25, -0.2) is 9.50 Å². The van der Waals surface area contributed by atoms with Crippen molar-refractivity contribution < 1.29 is 19.7 Å². The van der Waals surface area contributed by atoms with Gasteiger partial charge in [-0.1, -0.05) is 13.8 Å². The molecule has 0 saturated carbocycles. The van der Waals surface area contributed by atoms with Crippen LogP contribution in [0.5, 0.6) is 11.5 Å². The van der Waals surface area contributed by atoms with Crippen molar-refractivity contribution in [3.8, 4) is 22.1 Å². The first kappa shape index (κ1) is 26.2. The van der Waals surface area contributed by atoms with E-state index in [1.54, 1.807) is 25.6 Å². The summed E-state index contributed by atoms with van der Waals surface area (Å²) in [6, 6.07) is 9.88. The number of thiophene rings is 1. The van der Waals surface area contributed by atoms with E-state index in [2.05, 4.69) is 16.4 Å². The molecule has 1 aromatic carbocycles. The summed E-state index contributed by atoms with van der Waals surface area (Å²) < 4.78 is 13.8. The lowest BCUT2D eigenvalue weighted by atomic mass is 9.88. The number of hydrogen-bond acceptors (Lipinski definition) is 9. The summed E-state index contributed by atoms with van der Waals surface area (Å²) in [5.74, 6) is 1.98. The topological polar surface area (TPSA) is 127 Å². The molecule has 36 heavy (non-hydrogen) atoms. The fourth-order valence-corrected chi connectivity index (χ4v) is 5.40. The molecule has 0 bridgehead atoms. The molecule has 4 unspecified atom stereocenters. The van der Waals surface area contributed by atoms with E-state index in [4.69, 9.17) is 20.3 Å². The molecule has 5 N–H and O–H groups in total. The number of aliphatic hydroxyl groups is 2. The van der Waals surface area contributed by atoms with E-state index in [1.807, 2.05) is 48.8 Å². The number of nitrogens with zero attached hydrogens (tertiary/aromatic N) is 3. The zero-order valence-electron chi connectivity index (χ0n) is 21.1. The number of aromatic nitrogens is 3. The van der Waals surface area contributed by atoms with E-state index in [9.17, 15) is 10.2 Å². The number of aliphatic hydroxyl groups excluding tert-OH is 2. The first-order valence-electron chi connectivity index (χ1n) is 12.2. The summed E-state index contributed by atoms with van der Waals surface area (Å²) in [7, 11) is 3.26. The Morgan fingerprint density at radius 1 is 1.03 bits per heavy atom. The van der Waals surface area contributed by atoms with Crippen LogP contribution < -0.4 is 20.5 Å². The lowest BCUT2D eigenvalue weighted by Gasteiger charge is -2.28. The van der Waals surface area contributed by atoms with Gasteiger partial charge in [0, 0.05) is 17.3 Å². The Morgan fingerprint density at radius 3 is 2.42 bits per heavy atom. The molecule has 0 amide bonds. The Kier molecular flexibility index (Phi) is 8.30. The van der Waals surface area contributed by atoms with Crippen LogP contribution >= 0.6 is 11.3 Å². The third-order valence-corrected chi connectivity index (χ3v) is 7.80. The number of hydrogen-bond donors (Lipinski definition) is 4. The van der Waals surface area contributed by atoms with Gasteiger partial charge >= 0.3 is 0 Å². The molecule has 9 nitrogen and oxygen atoms in total. The van der Waals surface area contributed by atoms with E-state index in [0.29, 0.717) is 43.2 Å².